The summed E-state index contributed by atoms with van der Waals surface area (Å²) in [4.78, 5) is 12.2. The molecule has 1 aliphatic heterocycles. The molecular formula is C15H15BrN2O2. The van der Waals surface area contributed by atoms with Crippen LogP contribution in [0, 0.1) is 0 Å². The van der Waals surface area contributed by atoms with Gasteiger partial charge < -0.3 is 15.7 Å². The largest absolute Gasteiger partial charge is 0.392 e. The minimum absolute atomic E-state index is 0.103. The molecule has 5 heteroatoms. The summed E-state index contributed by atoms with van der Waals surface area (Å²) in [5.74, 6) is -0.103. The summed E-state index contributed by atoms with van der Waals surface area (Å²) in [5.41, 5.74) is 0.789. The zero-order chi connectivity index (χ0) is 14.1. The molecule has 2 atom stereocenters. The van der Waals surface area contributed by atoms with Gasteiger partial charge in [0.1, 0.15) is 0 Å². The van der Waals surface area contributed by atoms with E-state index in [1.165, 1.54) is 0 Å². The Kier molecular flexibility index (Phi) is 3.74. The van der Waals surface area contributed by atoms with Gasteiger partial charge in [-0.05, 0) is 23.9 Å². The Hall–Kier alpha value is -1.43. The standard InChI is InChI=1S/C15H15BrN2O2/c16-12-5-6-13(11-4-2-1-3-10(11)12)18-15(20)14-7-9(19)8-17-14/h1-6,9,14,17,19H,7-8H2,(H,18,20). The molecule has 0 radical (unpaired) electrons. The van der Waals surface area contributed by atoms with E-state index >= 15 is 0 Å². The summed E-state index contributed by atoms with van der Waals surface area (Å²) in [5, 5.41) is 17.5. The van der Waals surface area contributed by atoms with Crippen molar-refractivity contribution in [3.8, 4) is 0 Å². The number of benzene rings is 2. The molecule has 2 unspecified atom stereocenters. The van der Waals surface area contributed by atoms with E-state index in [0.717, 1.165) is 20.9 Å². The van der Waals surface area contributed by atoms with E-state index in [-0.39, 0.29) is 11.9 Å². The number of rotatable bonds is 2. The van der Waals surface area contributed by atoms with Gasteiger partial charge in [0.2, 0.25) is 5.91 Å². The van der Waals surface area contributed by atoms with Gasteiger partial charge in [-0.2, -0.15) is 0 Å². The minimum Gasteiger partial charge on any atom is -0.392 e. The van der Waals surface area contributed by atoms with E-state index in [9.17, 15) is 9.90 Å². The second-order valence-electron chi connectivity index (χ2n) is 4.98. The van der Waals surface area contributed by atoms with Crippen LogP contribution >= 0.6 is 15.9 Å². The molecule has 0 aliphatic carbocycles. The van der Waals surface area contributed by atoms with Crippen LogP contribution in [-0.4, -0.2) is 29.7 Å². The van der Waals surface area contributed by atoms with Crippen LogP contribution < -0.4 is 10.6 Å². The highest BCUT2D eigenvalue weighted by molar-refractivity contribution is 9.10. The van der Waals surface area contributed by atoms with Crippen molar-refractivity contribution >= 4 is 38.3 Å². The average molecular weight is 335 g/mol. The van der Waals surface area contributed by atoms with E-state index in [2.05, 4.69) is 26.6 Å². The Bertz CT molecular complexity index is 659. The molecule has 1 heterocycles. The van der Waals surface area contributed by atoms with Gasteiger partial charge in [-0.1, -0.05) is 40.2 Å². The van der Waals surface area contributed by atoms with Gasteiger partial charge in [0.05, 0.1) is 12.1 Å². The fraction of sp³-hybridized carbons (Fsp3) is 0.267. The average Bonchev–Trinajstić information content (AvgIpc) is 2.89. The molecule has 2 aromatic carbocycles. The van der Waals surface area contributed by atoms with Crippen LogP contribution in [-0.2, 0) is 4.79 Å². The molecule has 1 saturated heterocycles. The van der Waals surface area contributed by atoms with Crippen LogP contribution in [0.3, 0.4) is 0 Å². The predicted molar refractivity (Wildman–Crippen MR) is 82.7 cm³/mol. The van der Waals surface area contributed by atoms with E-state index < -0.39 is 6.10 Å². The lowest BCUT2D eigenvalue weighted by Gasteiger charge is -2.13. The fourth-order valence-electron chi connectivity index (χ4n) is 2.51. The first-order valence-corrected chi connectivity index (χ1v) is 7.34. The predicted octanol–water partition coefficient (Wildman–Crippen LogP) is 2.26. The molecule has 3 rings (SSSR count). The second-order valence-corrected chi connectivity index (χ2v) is 5.83. The van der Waals surface area contributed by atoms with Gasteiger partial charge >= 0.3 is 0 Å². The third kappa shape index (κ3) is 2.57. The van der Waals surface area contributed by atoms with Crippen molar-refractivity contribution in [3.63, 3.8) is 0 Å². The smallest absolute Gasteiger partial charge is 0.241 e. The first kappa shape index (κ1) is 13.5. The van der Waals surface area contributed by atoms with Crippen LogP contribution in [0.1, 0.15) is 6.42 Å². The highest BCUT2D eigenvalue weighted by Crippen LogP contribution is 2.30. The van der Waals surface area contributed by atoms with Gasteiger partial charge in [0.25, 0.3) is 0 Å². The van der Waals surface area contributed by atoms with E-state index in [1.807, 2.05) is 36.4 Å². The van der Waals surface area contributed by atoms with E-state index in [0.29, 0.717) is 13.0 Å². The van der Waals surface area contributed by atoms with Crippen LogP contribution in [0.2, 0.25) is 0 Å². The molecule has 4 nitrogen and oxygen atoms in total. The Balaban J connectivity index is 1.88. The summed E-state index contributed by atoms with van der Waals surface area (Å²) in [6, 6.07) is 11.4. The number of nitrogens with one attached hydrogen (secondary N) is 2. The quantitative estimate of drug-likeness (QED) is 0.789. The molecule has 1 aliphatic rings. The van der Waals surface area contributed by atoms with Gasteiger partial charge in [0.15, 0.2) is 0 Å². The third-order valence-electron chi connectivity index (χ3n) is 3.55. The fourth-order valence-corrected chi connectivity index (χ4v) is 2.99. The SMILES string of the molecule is O=C(Nc1ccc(Br)c2ccccc12)C1CC(O)CN1. The summed E-state index contributed by atoms with van der Waals surface area (Å²) >= 11 is 3.51. The molecular weight excluding hydrogens is 320 g/mol. The van der Waals surface area contributed by atoms with Crippen LogP contribution in [0.15, 0.2) is 40.9 Å². The van der Waals surface area contributed by atoms with Crippen molar-refractivity contribution in [2.45, 2.75) is 18.6 Å². The Morgan fingerprint density at radius 1 is 1.25 bits per heavy atom. The molecule has 1 amide bonds. The van der Waals surface area contributed by atoms with E-state index in [4.69, 9.17) is 0 Å². The maximum atomic E-state index is 12.2. The lowest BCUT2D eigenvalue weighted by atomic mass is 10.1. The van der Waals surface area contributed by atoms with Gasteiger partial charge in [-0.3, -0.25) is 4.79 Å². The number of aliphatic hydroxyl groups excluding tert-OH is 1. The summed E-state index contributed by atoms with van der Waals surface area (Å²) in [6.07, 6.45) is 0.0210. The maximum absolute atomic E-state index is 12.2. The summed E-state index contributed by atoms with van der Waals surface area (Å²) in [6.45, 7) is 0.471. The zero-order valence-corrected chi connectivity index (χ0v) is 12.4. The number of carbonyl (C=O) groups excluding carboxylic acids is 1. The first-order valence-electron chi connectivity index (χ1n) is 6.54. The maximum Gasteiger partial charge on any atom is 0.241 e. The van der Waals surface area contributed by atoms with Crippen molar-refractivity contribution in [3.05, 3.63) is 40.9 Å². The number of halogens is 1. The van der Waals surface area contributed by atoms with Crippen LogP contribution in [0.4, 0.5) is 5.69 Å². The van der Waals surface area contributed by atoms with Crippen molar-refractivity contribution in [1.82, 2.24) is 5.32 Å². The number of amides is 1. The van der Waals surface area contributed by atoms with Crippen molar-refractivity contribution < 1.29 is 9.90 Å². The monoisotopic (exact) mass is 334 g/mol. The minimum atomic E-state index is -0.438. The van der Waals surface area contributed by atoms with Crippen molar-refractivity contribution in [2.75, 3.05) is 11.9 Å². The van der Waals surface area contributed by atoms with Crippen LogP contribution in [0.5, 0.6) is 0 Å². The van der Waals surface area contributed by atoms with Crippen molar-refractivity contribution in [2.24, 2.45) is 0 Å². The highest BCUT2D eigenvalue weighted by Gasteiger charge is 2.28. The van der Waals surface area contributed by atoms with Crippen LogP contribution in [0.25, 0.3) is 10.8 Å². The number of hydrogen-bond acceptors (Lipinski definition) is 3. The molecule has 1 fully saturated rings. The molecule has 104 valence electrons. The highest BCUT2D eigenvalue weighted by atomic mass is 79.9. The number of carbonyl (C=O) groups is 1. The van der Waals surface area contributed by atoms with Gasteiger partial charge in [0, 0.05) is 22.1 Å². The van der Waals surface area contributed by atoms with Crippen molar-refractivity contribution in [1.29, 1.82) is 0 Å². The molecule has 3 N–H and O–H groups in total. The Morgan fingerprint density at radius 3 is 2.70 bits per heavy atom. The lowest BCUT2D eigenvalue weighted by molar-refractivity contribution is -0.117. The van der Waals surface area contributed by atoms with E-state index in [1.54, 1.807) is 0 Å². The second kappa shape index (κ2) is 5.52. The number of aliphatic hydroxyl groups is 1. The molecule has 0 spiro atoms. The molecule has 2 aromatic rings. The number of anilines is 1. The Labute approximate surface area is 125 Å². The summed E-state index contributed by atoms with van der Waals surface area (Å²) < 4.78 is 1.00. The number of fused-ring (bicyclic) bond motifs is 1. The molecule has 20 heavy (non-hydrogen) atoms. The molecule has 0 aromatic heterocycles. The molecule has 0 bridgehead atoms. The first-order chi connectivity index (χ1) is 9.65. The topological polar surface area (TPSA) is 61.4 Å². The van der Waals surface area contributed by atoms with Gasteiger partial charge in [-0.25, -0.2) is 0 Å². The Morgan fingerprint density at radius 2 is 2.00 bits per heavy atom. The number of hydrogen-bond donors (Lipinski definition) is 3. The third-order valence-corrected chi connectivity index (χ3v) is 4.24. The lowest BCUT2D eigenvalue weighted by Crippen LogP contribution is -2.35. The van der Waals surface area contributed by atoms with Gasteiger partial charge in [-0.15, -0.1) is 0 Å². The normalized spacial score (nSPS) is 22.1. The number of β-amino-alcohol motifs (C(OH)–C–C–N with tert-alkyl or cyclic N) is 1. The molecule has 0 saturated carbocycles. The summed E-state index contributed by atoms with van der Waals surface area (Å²) in [7, 11) is 0. The zero-order valence-electron chi connectivity index (χ0n) is 10.8.